The monoisotopic (exact) mass is 306 g/mol. The van der Waals surface area contributed by atoms with Crippen LogP contribution in [0.3, 0.4) is 0 Å². The molecule has 5 nitrogen and oxygen atoms in total. The first-order valence-corrected chi connectivity index (χ1v) is 8.02. The van der Waals surface area contributed by atoms with Gasteiger partial charge in [0.15, 0.2) is 11.5 Å². The summed E-state index contributed by atoms with van der Waals surface area (Å²) < 4.78 is 10.9. The molecule has 0 spiro atoms. The lowest BCUT2D eigenvalue weighted by Crippen LogP contribution is -2.32. The van der Waals surface area contributed by atoms with E-state index in [1.165, 1.54) is 5.56 Å². The van der Waals surface area contributed by atoms with Crippen LogP contribution in [0, 0.1) is 5.92 Å². The number of nitrogens with one attached hydrogen (secondary N) is 2. The maximum Gasteiger partial charge on any atom is 0.224 e. The third kappa shape index (κ3) is 4.63. The number of methoxy groups -OCH3 is 1. The molecule has 1 amide bonds. The van der Waals surface area contributed by atoms with Crippen molar-refractivity contribution in [1.82, 2.24) is 10.6 Å². The zero-order valence-electron chi connectivity index (χ0n) is 13.5. The van der Waals surface area contributed by atoms with Crippen molar-refractivity contribution in [2.75, 3.05) is 33.4 Å². The molecule has 1 saturated heterocycles. The van der Waals surface area contributed by atoms with Crippen LogP contribution < -0.4 is 20.1 Å². The highest BCUT2D eigenvalue weighted by Gasteiger charge is 2.21. The van der Waals surface area contributed by atoms with E-state index in [2.05, 4.69) is 10.6 Å². The fourth-order valence-corrected chi connectivity index (χ4v) is 2.67. The molecule has 0 bridgehead atoms. The van der Waals surface area contributed by atoms with Crippen LogP contribution >= 0.6 is 0 Å². The highest BCUT2D eigenvalue weighted by atomic mass is 16.5. The fourth-order valence-electron chi connectivity index (χ4n) is 2.67. The van der Waals surface area contributed by atoms with Crippen LogP contribution in [0.1, 0.15) is 25.3 Å². The maximum atomic E-state index is 11.9. The van der Waals surface area contributed by atoms with Gasteiger partial charge in [-0.15, -0.1) is 0 Å². The van der Waals surface area contributed by atoms with Gasteiger partial charge >= 0.3 is 0 Å². The Morgan fingerprint density at radius 2 is 2.27 bits per heavy atom. The zero-order valence-corrected chi connectivity index (χ0v) is 13.5. The standard InChI is InChI=1S/C17H26N2O3/c1-3-22-16-11-13(6-7-15(16)21-2)5-4-9-19-17(20)14-8-10-18-12-14/h6-7,11,14,18H,3-5,8-10,12H2,1-2H3,(H,19,20). The van der Waals surface area contributed by atoms with E-state index in [0.717, 1.165) is 43.9 Å². The molecule has 1 atom stereocenters. The summed E-state index contributed by atoms with van der Waals surface area (Å²) in [6.45, 7) is 5.04. The first-order valence-electron chi connectivity index (χ1n) is 8.02. The number of carbonyl (C=O) groups excluding carboxylic acids is 1. The summed E-state index contributed by atoms with van der Waals surface area (Å²) in [6, 6.07) is 6.00. The van der Waals surface area contributed by atoms with Gasteiger partial charge in [-0.25, -0.2) is 0 Å². The van der Waals surface area contributed by atoms with Gasteiger partial charge in [0.1, 0.15) is 0 Å². The SMILES string of the molecule is CCOc1cc(CCCNC(=O)C2CCNC2)ccc1OC. The molecule has 2 N–H and O–H groups in total. The molecule has 0 saturated carbocycles. The lowest BCUT2D eigenvalue weighted by Gasteiger charge is -2.12. The Bertz CT molecular complexity index is 485. The molecular formula is C17H26N2O3. The average Bonchev–Trinajstić information content (AvgIpc) is 3.06. The van der Waals surface area contributed by atoms with Crippen molar-refractivity contribution in [3.05, 3.63) is 23.8 Å². The molecule has 1 aliphatic heterocycles. The molecule has 1 aliphatic rings. The van der Waals surface area contributed by atoms with Gasteiger partial charge in [-0.3, -0.25) is 4.79 Å². The Kier molecular flexibility index (Phi) is 6.52. The highest BCUT2D eigenvalue weighted by Crippen LogP contribution is 2.28. The third-order valence-electron chi connectivity index (χ3n) is 3.90. The van der Waals surface area contributed by atoms with E-state index >= 15 is 0 Å². The van der Waals surface area contributed by atoms with E-state index in [4.69, 9.17) is 9.47 Å². The maximum absolute atomic E-state index is 11.9. The fraction of sp³-hybridized carbons (Fsp3) is 0.588. The largest absolute Gasteiger partial charge is 0.493 e. The molecule has 0 aromatic heterocycles. The van der Waals surface area contributed by atoms with Gasteiger partial charge in [0.05, 0.1) is 19.6 Å². The second-order valence-corrected chi connectivity index (χ2v) is 5.50. The van der Waals surface area contributed by atoms with E-state index < -0.39 is 0 Å². The first kappa shape index (κ1) is 16.6. The van der Waals surface area contributed by atoms with Gasteiger partial charge in [-0.2, -0.15) is 0 Å². The number of hydrogen-bond donors (Lipinski definition) is 2. The molecule has 5 heteroatoms. The summed E-state index contributed by atoms with van der Waals surface area (Å²) in [4.78, 5) is 11.9. The number of hydrogen-bond acceptors (Lipinski definition) is 4. The van der Waals surface area contributed by atoms with Crippen molar-refractivity contribution in [2.24, 2.45) is 5.92 Å². The highest BCUT2D eigenvalue weighted by molar-refractivity contribution is 5.79. The van der Waals surface area contributed by atoms with Crippen molar-refractivity contribution >= 4 is 5.91 Å². The van der Waals surface area contributed by atoms with E-state index in [0.29, 0.717) is 13.2 Å². The second kappa shape index (κ2) is 8.63. The van der Waals surface area contributed by atoms with Crippen LogP contribution in [0.15, 0.2) is 18.2 Å². The first-order chi connectivity index (χ1) is 10.7. The number of amides is 1. The molecule has 1 aromatic carbocycles. The number of benzene rings is 1. The molecule has 1 aromatic rings. The average molecular weight is 306 g/mol. The molecular weight excluding hydrogens is 280 g/mol. The molecule has 122 valence electrons. The Labute approximate surface area is 132 Å². The summed E-state index contributed by atoms with van der Waals surface area (Å²) in [6.07, 6.45) is 2.78. The van der Waals surface area contributed by atoms with Crippen molar-refractivity contribution in [1.29, 1.82) is 0 Å². The van der Waals surface area contributed by atoms with Crippen LogP contribution in [0.5, 0.6) is 11.5 Å². The van der Waals surface area contributed by atoms with Gasteiger partial charge < -0.3 is 20.1 Å². The van der Waals surface area contributed by atoms with Crippen LogP contribution in [0.4, 0.5) is 0 Å². The van der Waals surface area contributed by atoms with Crippen LogP contribution in [-0.2, 0) is 11.2 Å². The smallest absolute Gasteiger partial charge is 0.224 e. The summed E-state index contributed by atoms with van der Waals surface area (Å²) in [5.74, 6) is 1.86. The van der Waals surface area contributed by atoms with Crippen molar-refractivity contribution in [3.63, 3.8) is 0 Å². The zero-order chi connectivity index (χ0) is 15.8. The Morgan fingerprint density at radius 3 is 2.95 bits per heavy atom. The molecule has 1 heterocycles. The summed E-state index contributed by atoms with van der Waals surface area (Å²) in [5, 5.41) is 6.23. The normalized spacial score (nSPS) is 17.3. The number of aryl methyl sites for hydroxylation is 1. The minimum Gasteiger partial charge on any atom is -0.493 e. The number of rotatable bonds is 8. The minimum absolute atomic E-state index is 0.144. The molecule has 0 aliphatic carbocycles. The molecule has 0 radical (unpaired) electrons. The summed E-state index contributed by atoms with van der Waals surface area (Å²) in [7, 11) is 1.64. The van der Waals surface area contributed by atoms with Crippen LogP contribution in [0.25, 0.3) is 0 Å². The topological polar surface area (TPSA) is 59.6 Å². The number of ether oxygens (including phenoxy) is 2. The van der Waals surface area contributed by atoms with Gasteiger partial charge in [0, 0.05) is 13.1 Å². The molecule has 1 fully saturated rings. The molecule has 1 unspecified atom stereocenters. The van der Waals surface area contributed by atoms with E-state index in [9.17, 15) is 4.79 Å². The van der Waals surface area contributed by atoms with E-state index in [1.54, 1.807) is 7.11 Å². The van der Waals surface area contributed by atoms with Crippen molar-refractivity contribution in [2.45, 2.75) is 26.2 Å². The van der Waals surface area contributed by atoms with E-state index in [-0.39, 0.29) is 11.8 Å². The lowest BCUT2D eigenvalue weighted by atomic mass is 10.1. The molecule has 2 rings (SSSR count). The van der Waals surface area contributed by atoms with Gasteiger partial charge in [0.25, 0.3) is 0 Å². The van der Waals surface area contributed by atoms with Gasteiger partial charge in [-0.1, -0.05) is 6.07 Å². The predicted molar refractivity (Wildman–Crippen MR) is 86.5 cm³/mol. The van der Waals surface area contributed by atoms with Crippen LogP contribution in [0.2, 0.25) is 0 Å². The lowest BCUT2D eigenvalue weighted by molar-refractivity contribution is -0.124. The van der Waals surface area contributed by atoms with Crippen LogP contribution in [-0.4, -0.2) is 39.3 Å². The summed E-state index contributed by atoms with van der Waals surface area (Å²) in [5.41, 5.74) is 1.20. The quantitative estimate of drug-likeness (QED) is 0.719. The predicted octanol–water partition coefficient (Wildman–Crippen LogP) is 1.75. The number of carbonyl (C=O) groups is 1. The molecule has 22 heavy (non-hydrogen) atoms. The Balaban J connectivity index is 1.76. The van der Waals surface area contributed by atoms with E-state index in [1.807, 2.05) is 25.1 Å². The minimum atomic E-state index is 0.144. The van der Waals surface area contributed by atoms with Gasteiger partial charge in [-0.05, 0) is 50.4 Å². The Hall–Kier alpha value is -1.75. The second-order valence-electron chi connectivity index (χ2n) is 5.50. The van der Waals surface area contributed by atoms with Crippen molar-refractivity contribution in [3.8, 4) is 11.5 Å². The van der Waals surface area contributed by atoms with Gasteiger partial charge in [0.2, 0.25) is 5.91 Å². The third-order valence-corrected chi connectivity index (χ3v) is 3.90. The Morgan fingerprint density at radius 1 is 1.41 bits per heavy atom. The van der Waals surface area contributed by atoms with Crippen molar-refractivity contribution < 1.29 is 14.3 Å². The summed E-state index contributed by atoms with van der Waals surface area (Å²) >= 11 is 0.